The maximum absolute atomic E-state index is 12.9. The Balaban J connectivity index is 1.60. The van der Waals surface area contributed by atoms with E-state index in [4.69, 9.17) is 16.6 Å². The van der Waals surface area contributed by atoms with Crippen LogP contribution in [0.4, 0.5) is 15.8 Å². The van der Waals surface area contributed by atoms with Gasteiger partial charge in [0.25, 0.3) is 11.8 Å². The molecule has 27 heavy (non-hydrogen) atoms. The van der Waals surface area contributed by atoms with Crippen LogP contribution in [-0.2, 0) is 0 Å². The largest absolute Gasteiger partial charge is 0.459 e. The van der Waals surface area contributed by atoms with Gasteiger partial charge < -0.3 is 15.1 Å². The molecule has 0 saturated heterocycles. The fourth-order valence-electron chi connectivity index (χ4n) is 2.21. The van der Waals surface area contributed by atoms with Crippen molar-refractivity contribution >= 4 is 40.5 Å². The summed E-state index contributed by atoms with van der Waals surface area (Å²) in [7, 11) is 0. The Labute approximate surface area is 159 Å². The van der Waals surface area contributed by atoms with Crippen LogP contribution in [0.15, 0.2) is 71.3 Å². The van der Waals surface area contributed by atoms with E-state index >= 15 is 0 Å². The van der Waals surface area contributed by atoms with Crippen molar-refractivity contribution in [3.8, 4) is 0 Å². The molecule has 0 saturated carbocycles. The summed E-state index contributed by atoms with van der Waals surface area (Å²) in [5.41, 5.74) is 1.37. The van der Waals surface area contributed by atoms with Gasteiger partial charge in [-0.25, -0.2) is 4.39 Å². The van der Waals surface area contributed by atoms with E-state index in [1.807, 2.05) is 0 Å². The fraction of sp³-hybridized carbons (Fsp3) is 0. The molecule has 0 aliphatic heterocycles. The van der Waals surface area contributed by atoms with Gasteiger partial charge >= 0.3 is 0 Å². The number of nitrogens with one attached hydrogen (secondary N) is 3. The molecule has 0 atom stereocenters. The van der Waals surface area contributed by atoms with E-state index in [2.05, 4.69) is 16.0 Å². The molecule has 136 valence electrons. The van der Waals surface area contributed by atoms with Gasteiger partial charge in [0.05, 0.1) is 6.26 Å². The Morgan fingerprint density at radius 3 is 2.26 bits per heavy atom. The average molecular weight is 383 g/mol. The van der Waals surface area contributed by atoms with Crippen molar-refractivity contribution in [1.82, 2.24) is 5.32 Å². The first-order valence-corrected chi connectivity index (χ1v) is 8.25. The standard InChI is InChI=1S/C19H14FN3O3S/c20-13-8-6-12(7-9-13)17(24)23-19(27)22-15-4-1-3-14(11-15)21-18(25)16-5-2-10-26-16/h1-11H,(H,21,25)(H2,22,23,24,27). The van der Waals surface area contributed by atoms with Crippen LogP contribution < -0.4 is 16.0 Å². The lowest BCUT2D eigenvalue weighted by Gasteiger charge is -2.11. The molecule has 3 aromatic rings. The number of carbonyl (C=O) groups is 2. The number of amides is 2. The van der Waals surface area contributed by atoms with Gasteiger partial charge in [0, 0.05) is 16.9 Å². The molecule has 0 aliphatic rings. The normalized spacial score (nSPS) is 10.1. The van der Waals surface area contributed by atoms with Gasteiger partial charge in [-0.1, -0.05) is 6.07 Å². The number of hydrogen-bond acceptors (Lipinski definition) is 4. The molecule has 1 heterocycles. The zero-order valence-electron chi connectivity index (χ0n) is 13.9. The van der Waals surface area contributed by atoms with E-state index in [0.717, 1.165) is 0 Å². The highest BCUT2D eigenvalue weighted by Crippen LogP contribution is 2.16. The average Bonchev–Trinajstić information content (AvgIpc) is 3.17. The number of anilines is 2. The quantitative estimate of drug-likeness (QED) is 0.597. The number of rotatable bonds is 4. The molecule has 6 nitrogen and oxygen atoms in total. The number of benzene rings is 2. The minimum Gasteiger partial charge on any atom is -0.459 e. The lowest BCUT2D eigenvalue weighted by molar-refractivity contribution is 0.0975. The highest BCUT2D eigenvalue weighted by Gasteiger charge is 2.10. The maximum atomic E-state index is 12.9. The van der Waals surface area contributed by atoms with Gasteiger partial charge in [-0.3, -0.25) is 14.9 Å². The van der Waals surface area contributed by atoms with Crippen molar-refractivity contribution in [1.29, 1.82) is 0 Å². The monoisotopic (exact) mass is 383 g/mol. The summed E-state index contributed by atoms with van der Waals surface area (Å²) >= 11 is 5.11. The molecule has 0 aliphatic carbocycles. The number of halogens is 1. The van der Waals surface area contributed by atoms with Crippen molar-refractivity contribution in [2.75, 3.05) is 10.6 Å². The number of furan rings is 1. The third-order valence-electron chi connectivity index (χ3n) is 3.46. The number of carbonyl (C=O) groups excluding carboxylic acids is 2. The minimum absolute atomic E-state index is 0.0684. The smallest absolute Gasteiger partial charge is 0.291 e. The second-order valence-corrected chi connectivity index (χ2v) is 5.84. The van der Waals surface area contributed by atoms with Crippen molar-refractivity contribution in [3.63, 3.8) is 0 Å². The molecule has 2 amide bonds. The van der Waals surface area contributed by atoms with Gasteiger partial charge in [0.15, 0.2) is 10.9 Å². The summed E-state index contributed by atoms with van der Waals surface area (Å²) in [5.74, 6) is -1.09. The van der Waals surface area contributed by atoms with Gasteiger partial charge in [0.1, 0.15) is 5.82 Å². The van der Waals surface area contributed by atoms with Crippen LogP contribution in [0.5, 0.6) is 0 Å². The second-order valence-electron chi connectivity index (χ2n) is 5.43. The Morgan fingerprint density at radius 1 is 0.889 bits per heavy atom. The van der Waals surface area contributed by atoms with E-state index in [1.54, 1.807) is 36.4 Å². The van der Waals surface area contributed by atoms with E-state index < -0.39 is 11.7 Å². The maximum Gasteiger partial charge on any atom is 0.291 e. The summed E-state index contributed by atoms with van der Waals surface area (Å²) in [4.78, 5) is 24.1. The van der Waals surface area contributed by atoms with Crippen molar-refractivity contribution in [2.45, 2.75) is 0 Å². The molecule has 0 spiro atoms. The van der Waals surface area contributed by atoms with Crippen LogP contribution in [-0.4, -0.2) is 16.9 Å². The summed E-state index contributed by atoms with van der Waals surface area (Å²) in [6.45, 7) is 0. The molecule has 0 radical (unpaired) electrons. The third kappa shape index (κ3) is 4.99. The molecular formula is C19H14FN3O3S. The zero-order valence-corrected chi connectivity index (χ0v) is 14.7. The van der Waals surface area contributed by atoms with Crippen molar-refractivity contribution in [3.05, 3.63) is 84.1 Å². The van der Waals surface area contributed by atoms with Gasteiger partial charge in [0.2, 0.25) is 0 Å². The van der Waals surface area contributed by atoms with Crippen molar-refractivity contribution in [2.24, 2.45) is 0 Å². The third-order valence-corrected chi connectivity index (χ3v) is 3.66. The van der Waals surface area contributed by atoms with E-state index in [0.29, 0.717) is 11.4 Å². The first-order valence-electron chi connectivity index (χ1n) is 7.84. The predicted octanol–water partition coefficient (Wildman–Crippen LogP) is 3.80. The lowest BCUT2D eigenvalue weighted by Crippen LogP contribution is -2.34. The number of thiocarbonyl (C=S) groups is 1. The minimum atomic E-state index is -0.463. The fourth-order valence-corrected chi connectivity index (χ4v) is 2.42. The summed E-state index contributed by atoms with van der Waals surface area (Å²) < 4.78 is 17.9. The second kappa shape index (κ2) is 8.24. The Bertz CT molecular complexity index is 972. The zero-order chi connectivity index (χ0) is 19.2. The molecular weight excluding hydrogens is 369 g/mol. The van der Waals surface area contributed by atoms with E-state index in [-0.39, 0.29) is 22.3 Å². The molecule has 1 aromatic heterocycles. The Hall–Kier alpha value is -3.52. The van der Waals surface area contributed by atoms with Crippen LogP contribution >= 0.6 is 12.2 Å². The summed E-state index contributed by atoms with van der Waals surface area (Å²) in [6, 6.07) is 15.1. The Kier molecular flexibility index (Phi) is 5.58. The Morgan fingerprint density at radius 2 is 1.59 bits per heavy atom. The summed E-state index contributed by atoms with van der Waals surface area (Å²) in [6.07, 6.45) is 1.41. The first-order chi connectivity index (χ1) is 13.0. The summed E-state index contributed by atoms with van der Waals surface area (Å²) in [5, 5.41) is 8.12. The van der Waals surface area contributed by atoms with Crippen LogP contribution in [0, 0.1) is 5.82 Å². The van der Waals surface area contributed by atoms with Crippen molar-refractivity contribution < 1.29 is 18.4 Å². The lowest BCUT2D eigenvalue weighted by atomic mass is 10.2. The number of hydrogen-bond donors (Lipinski definition) is 3. The molecule has 0 fully saturated rings. The SMILES string of the molecule is O=C(NC(=S)Nc1cccc(NC(=O)c2ccco2)c1)c1ccc(F)cc1. The van der Waals surface area contributed by atoms with Gasteiger partial charge in [-0.2, -0.15) is 0 Å². The predicted molar refractivity (Wildman–Crippen MR) is 103 cm³/mol. The van der Waals surface area contributed by atoms with E-state index in [1.165, 1.54) is 30.5 Å². The molecule has 3 rings (SSSR count). The van der Waals surface area contributed by atoms with E-state index in [9.17, 15) is 14.0 Å². The van der Waals surface area contributed by atoms with Gasteiger partial charge in [-0.05, 0) is 66.8 Å². The highest BCUT2D eigenvalue weighted by molar-refractivity contribution is 7.80. The highest BCUT2D eigenvalue weighted by atomic mass is 32.1. The van der Waals surface area contributed by atoms with Crippen LogP contribution in [0.1, 0.15) is 20.9 Å². The van der Waals surface area contributed by atoms with Crippen LogP contribution in [0.25, 0.3) is 0 Å². The topological polar surface area (TPSA) is 83.4 Å². The molecule has 0 unspecified atom stereocenters. The molecule has 0 bridgehead atoms. The molecule has 3 N–H and O–H groups in total. The molecule has 2 aromatic carbocycles. The van der Waals surface area contributed by atoms with Crippen LogP contribution in [0.2, 0.25) is 0 Å². The van der Waals surface area contributed by atoms with Gasteiger partial charge in [-0.15, -0.1) is 0 Å². The molecule has 8 heteroatoms. The van der Waals surface area contributed by atoms with Crippen LogP contribution in [0.3, 0.4) is 0 Å². The first kappa shape index (κ1) is 18.3.